The van der Waals surface area contributed by atoms with Crippen molar-refractivity contribution in [1.29, 1.82) is 5.26 Å². The van der Waals surface area contributed by atoms with Crippen LogP contribution in [0.15, 0.2) is 46.9 Å². The predicted octanol–water partition coefficient (Wildman–Crippen LogP) is 3.46. The summed E-state index contributed by atoms with van der Waals surface area (Å²) in [6.07, 6.45) is 0.725. The zero-order valence-electron chi connectivity index (χ0n) is 14.3. The first kappa shape index (κ1) is 18.2. The van der Waals surface area contributed by atoms with Gasteiger partial charge in [-0.3, -0.25) is 4.79 Å². The Morgan fingerprint density at radius 3 is 2.96 bits per heavy atom. The SMILES string of the molecule is C[C@@H](Sc1nnc(Cc2cccs2)n1C)C(=O)Nc1cccc(C#N)c1. The molecule has 0 aliphatic carbocycles. The average Bonchev–Trinajstić information content (AvgIpc) is 3.27. The van der Waals surface area contributed by atoms with E-state index in [0.29, 0.717) is 16.4 Å². The first-order valence-electron chi connectivity index (χ1n) is 7.95. The number of rotatable bonds is 6. The minimum atomic E-state index is -0.349. The summed E-state index contributed by atoms with van der Waals surface area (Å²) in [6.45, 7) is 1.82. The Balaban J connectivity index is 1.64. The Labute approximate surface area is 159 Å². The summed E-state index contributed by atoms with van der Waals surface area (Å²) in [4.78, 5) is 13.6. The summed E-state index contributed by atoms with van der Waals surface area (Å²) in [6, 6.07) is 13.0. The molecule has 0 radical (unpaired) electrons. The number of nitrogens with zero attached hydrogens (tertiary/aromatic N) is 4. The van der Waals surface area contributed by atoms with E-state index >= 15 is 0 Å². The van der Waals surface area contributed by atoms with Crippen LogP contribution in [0.4, 0.5) is 5.69 Å². The molecule has 8 heteroatoms. The zero-order valence-corrected chi connectivity index (χ0v) is 16.0. The second-order valence-corrected chi connectivity index (χ2v) is 8.00. The number of carbonyl (C=O) groups is 1. The molecule has 0 bridgehead atoms. The van der Waals surface area contributed by atoms with Gasteiger partial charge in [0.25, 0.3) is 0 Å². The van der Waals surface area contributed by atoms with E-state index in [0.717, 1.165) is 12.2 Å². The van der Waals surface area contributed by atoms with E-state index < -0.39 is 0 Å². The standard InChI is InChI=1S/C18H17N5OS2/c1-12(17(24)20-14-6-3-5-13(9-14)11-19)26-18-22-21-16(23(18)2)10-15-7-4-8-25-15/h3-9,12H,10H2,1-2H3,(H,20,24)/t12-/m1/s1. The van der Waals surface area contributed by atoms with E-state index in [-0.39, 0.29) is 11.2 Å². The van der Waals surface area contributed by atoms with E-state index in [4.69, 9.17) is 5.26 Å². The quantitative estimate of drug-likeness (QED) is 0.659. The second-order valence-electron chi connectivity index (χ2n) is 5.66. The monoisotopic (exact) mass is 383 g/mol. The van der Waals surface area contributed by atoms with Gasteiger partial charge in [0.2, 0.25) is 5.91 Å². The normalized spacial score (nSPS) is 11.7. The number of nitriles is 1. The number of thioether (sulfide) groups is 1. The molecule has 132 valence electrons. The van der Waals surface area contributed by atoms with Crippen molar-refractivity contribution in [3.63, 3.8) is 0 Å². The third kappa shape index (κ3) is 4.31. The van der Waals surface area contributed by atoms with Crippen molar-refractivity contribution in [1.82, 2.24) is 14.8 Å². The molecule has 6 nitrogen and oxygen atoms in total. The Kier molecular flexibility index (Phi) is 5.71. The van der Waals surface area contributed by atoms with Gasteiger partial charge in [-0.1, -0.05) is 23.9 Å². The number of thiophene rings is 1. The highest BCUT2D eigenvalue weighted by Crippen LogP contribution is 2.24. The summed E-state index contributed by atoms with van der Waals surface area (Å²) in [5, 5.41) is 22.6. The molecule has 1 aromatic carbocycles. The van der Waals surface area contributed by atoms with Crippen molar-refractivity contribution in [2.45, 2.75) is 23.8 Å². The van der Waals surface area contributed by atoms with Crippen LogP contribution in [0.1, 0.15) is 23.2 Å². The van der Waals surface area contributed by atoms with Gasteiger partial charge in [-0.15, -0.1) is 21.5 Å². The fourth-order valence-corrected chi connectivity index (χ4v) is 3.83. The van der Waals surface area contributed by atoms with E-state index in [1.807, 2.05) is 30.0 Å². The van der Waals surface area contributed by atoms with Gasteiger partial charge in [-0.05, 0) is 36.6 Å². The number of anilines is 1. The summed E-state index contributed by atoms with van der Waals surface area (Å²) in [5.74, 6) is 0.720. The first-order valence-corrected chi connectivity index (χ1v) is 9.71. The number of amides is 1. The minimum Gasteiger partial charge on any atom is -0.325 e. The lowest BCUT2D eigenvalue weighted by molar-refractivity contribution is -0.115. The molecule has 0 unspecified atom stereocenters. The average molecular weight is 384 g/mol. The van der Waals surface area contributed by atoms with Crippen molar-refractivity contribution >= 4 is 34.7 Å². The molecule has 1 N–H and O–H groups in total. The van der Waals surface area contributed by atoms with Gasteiger partial charge in [0, 0.05) is 24.0 Å². The van der Waals surface area contributed by atoms with Gasteiger partial charge in [-0.2, -0.15) is 5.26 Å². The van der Waals surface area contributed by atoms with Gasteiger partial charge in [0.1, 0.15) is 5.82 Å². The van der Waals surface area contributed by atoms with E-state index in [9.17, 15) is 4.79 Å². The van der Waals surface area contributed by atoms with Crippen molar-refractivity contribution in [3.05, 3.63) is 58.0 Å². The Morgan fingerprint density at radius 2 is 2.23 bits per heavy atom. The fourth-order valence-electron chi connectivity index (χ4n) is 2.29. The van der Waals surface area contributed by atoms with Crippen LogP contribution in [0.5, 0.6) is 0 Å². The van der Waals surface area contributed by atoms with Crippen molar-refractivity contribution < 1.29 is 4.79 Å². The lowest BCUT2D eigenvalue weighted by Gasteiger charge is -2.11. The second kappa shape index (κ2) is 8.17. The Hall–Kier alpha value is -2.63. The molecular weight excluding hydrogens is 366 g/mol. The van der Waals surface area contributed by atoms with Crippen LogP contribution in [-0.2, 0) is 18.3 Å². The molecule has 0 saturated heterocycles. The fraction of sp³-hybridized carbons (Fsp3) is 0.222. The summed E-state index contributed by atoms with van der Waals surface area (Å²) in [5.41, 5.74) is 1.12. The van der Waals surface area contributed by atoms with Crippen LogP contribution in [-0.4, -0.2) is 25.9 Å². The van der Waals surface area contributed by atoms with E-state index in [1.165, 1.54) is 16.6 Å². The number of benzene rings is 1. The highest BCUT2D eigenvalue weighted by atomic mass is 32.2. The molecular formula is C18H17N5OS2. The lowest BCUT2D eigenvalue weighted by atomic mass is 10.2. The molecule has 1 atom stereocenters. The van der Waals surface area contributed by atoms with Crippen LogP contribution in [0, 0.1) is 11.3 Å². The number of nitrogens with one attached hydrogen (secondary N) is 1. The van der Waals surface area contributed by atoms with Gasteiger partial charge in [0.15, 0.2) is 5.16 Å². The molecule has 0 aliphatic rings. The van der Waals surface area contributed by atoms with Crippen LogP contribution >= 0.6 is 23.1 Å². The number of hydrogen-bond donors (Lipinski definition) is 1. The molecule has 1 amide bonds. The maximum atomic E-state index is 12.4. The highest BCUT2D eigenvalue weighted by molar-refractivity contribution is 8.00. The predicted molar refractivity (Wildman–Crippen MR) is 103 cm³/mol. The van der Waals surface area contributed by atoms with Crippen LogP contribution < -0.4 is 5.32 Å². The highest BCUT2D eigenvalue weighted by Gasteiger charge is 2.19. The number of carbonyl (C=O) groups excluding carboxylic acids is 1. The van der Waals surface area contributed by atoms with Gasteiger partial charge in [-0.25, -0.2) is 0 Å². The van der Waals surface area contributed by atoms with Gasteiger partial charge in [0.05, 0.1) is 16.9 Å². The van der Waals surface area contributed by atoms with Crippen LogP contribution in [0.2, 0.25) is 0 Å². The van der Waals surface area contributed by atoms with Gasteiger partial charge < -0.3 is 9.88 Å². The van der Waals surface area contributed by atoms with E-state index in [1.54, 1.807) is 35.6 Å². The number of hydrogen-bond acceptors (Lipinski definition) is 6. The topological polar surface area (TPSA) is 83.6 Å². The lowest BCUT2D eigenvalue weighted by Crippen LogP contribution is -2.22. The summed E-state index contributed by atoms with van der Waals surface area (Å²) in [7, 11) is 1.91. The summed E-state index contributed by atoms with van der Waals surface area (Å²) >= 11 is 3.04. The third-order valence-corrected chi connectivity index (χ3v) is 5.76. The molecule has 3 aromatic rings. The van der Waals surface area contributed by atoms with Crippen molar-refractivity contribution in [3.8, 4) is 6.07 Å². The minimum absolute atomic E-state index is 0.145. The number of aromatic nitrogens is 3. The largest absolute Gasteiger partial charge is 0.325 e. The first-order chi connectivity index (χ1) is 12.6. The Morgan fingerprint density at radius 1 is 1.38 bits per heavy atom. The maximum Gasteiger partial charge on any atom is 0.237 e. The van der Waals surface area contributed by atoms with Crippen LogP contribution in [0.3, 0.4) is 0 Å². The molecule has 0 spiro atoms. The molecule has 0 saturated carbocycles. The molecule has 26 heavy (non-hydrogen) atoms. The third-order valence-electron chi connectivity index (χ3n) is 3.75. The summed E-state index contributed by atoms with van der Waals surface area (Å²) < 4.78 is 1.92. The molecule has 0 aliphatic heterocycles. The zero-order chi connectivity index (χ0) is 18.5. The van der Waals surface area contributed by atoms with Gasteiger partial charge >= 0.3 is 0 Å². The Bertz CT molecular complexity index is 943. The maximum absolute atomic E-state index is 12.4. The molecule has 0 fully saturated rings. The van der Waals surface area contributed by atoms with E-state index in [2.05, 4.69) is 27.6 Å². The van der Waals surface area contributed by atoms with Crippen molar-refractivity contribution in [2.24, 2.45) is 7.05 Å². The smallest absolute Gasteiger partial charge is 0.237 e. The molecule has 2 aromatic heterocycles. The van der Waals surface area contributed by atoms with Crippen LogP contribution in [0.25, 0.3) is 0 Å². The molecule has 2 heterocycles. The molecule has 3 rings (SSSR count). The van der Waals surface area contributed by atoms with Crippen molar-refractivity contribution in [2.75, 3.05) is 5.32 Å².